The van der Waals surface area contributed by atoms with E-state index in [1.807, 2.05) is 13.8 Å². The molecule has 1 fully saturated rings. The fourth-order valence-electron chi connectivity index (χ4n) is 4.57. The minimum absolute atomic E-state index is 0.0346. The number of methoxy groups -OCH3 is 2. The highest BCUT2D eigenvalue weighted by atomic mass is 19.3. The van der Waals surface area contributed by atoms with Gasteiger partial charge >= 0.3 is 6.61 Å². The molecule has 1 aliphatic rings. The first-order valence-electron chi connectivity index (χ1n) is 14.3. The van der Waals surface area contributed by atoms with Crippen LogP contribution in [0.1, 0.15) is 53.7 Å². The van der Waals surface area contributed by atoms with Crippen molar-refractivity contribution in [1.29, 1.82) is 0 Å². The molecule has 254 valence electrons. The summed E-state index contributed by atoms with van der Waals surface area (Å²) >= 11 is 0. The number of carbonyl (C=O) groups is 2. The Hall–Kier alpha value is -4.27. The number of amides is 1. The number of aldehydes is 1. The predicted molar refractivity (Wildman–Crippen MR) is 166 cm³/mol. The summed E-state index contributed by atoms with van der Waals surface area (Å²) in [5, 5.41) is 9.59. The van der Waals surface area contributed by atoms with E-state index < -0.39 is 41.7 Å². The monoisotopic (exact) mass is 655 g/mol. The van der Waals surface area contributed by atoms with Crippen LogP contribution < -0.4 is 25.7 Å². The second kappa shape index (κ2) is 20.0. The zero-order valence-electron chi connectivity index (χ0n) is 26.6. The van der Waals surface area contributed by atoms with Crippen molar-refractivity contribution in [3.63, 3.8) is 0 Å². The van der Waals surface area contributed by atoms with Gasteiger partial charge in [0.1, 0.15) is 35.1 Å². The van der Waals surface area contributed by atoms with E-state index in [4.69, 9.17) is 9.47 Å². The molecule has 1 aliphatic heterocycles. The van der Waals surface area contributed by atoms with Crippen molar-refractivity contribution >= 4 is 17.9 Å². The number of aryl methyl sites for hydroxylation is 1. The number of aliphatic hydroxyl groups excluding tert-OH is 1. The summed E-state index contributed by atoms with van der Waals surface area (Å²) in [6, 6.07) is 8.63. The quantitative estimate of drug-likeness (QED) is 0.234. The summed E-state index contributed by atoms with van der Waals surface area (Å²) in [6.45, 7) is 2.60. The smallest absolute Gasteiger partial charge is 0.387 e. The van der Waals surface area contributed by atoms with Crippen molar-refractivity contribution in [2.45, 2.75) is 45.8 Å². The number of rotatable bonds is 10. The van der Waals surface area contributed by atoms with Crippen molar-refractivity contribution < 1.29 is 46.5 Å². The summed E-state index contributed by atoms with van der Waals surface area (Å²) in [5.74, 6) is -2.65. The van der Waals surface area contributed by atoms with Crippen LogP contribution in [-0.2, 0) is 9.53 Å². The van der Waals surface area contributed by atoms with E-state index in [9.17, 15) is 37.1 Å². The van der Waals surface area contributed by atoms with Gasteiger partial charge in [-0.3, -0.25) is 14.4 Å². The predicted octanol–water partition coefficient (Wildman–Crippen LogP) is 4.85. The molecule has 4 rings (SSSR count). The number of hydrogen-bond acceptors (Lipinski definition) is 8. The zero-order valence-corrected chi connectivity index (χ0v) is 26.6. The molecule has 1 aromatic heterocycles. The Morgan fingerprint density at radius 1 is 1.02 bits per heavy atom. The number of alkyl halides is 2. The van der Waals surface area contributed by atoms with Gasteiger partial charge in [0, 0.05) is 55.4 Å². The van der Waals surface area contributed by atoms with Gasteiger partial charge in [0.25, 0.3) is 5.56 Å². The molecule has 2 unspecified atom stereocenters. The Morgan fingerprint density at radius 2 is 1.61 bits per heavy atom. The maximum Gasteiger partial charge on any atom is 0.387 e. The molecule has 0 aliphatic carbocycles. The normalized spacial score (nSPS) is 14.2. The first kappa shape index (κ1) is 39.8. The van der Waals surface area contributed by atoms with E-state index in [0.29, 0.717) is 17.4 Å². The highest BCUT2D eigenvalue weighted by Gasteiger charge is 2.37. The number of ether oxygens (including phenoxy) is 3. The molecule has 0 saturated carbocycles. The van der Waals surface area contributed by atoms with Crippen molar-refractivity contribution in [3.05, 3.63) is 87.3 Å². The number of benzene rings is 2. The molecule has 0 spiro atoms. The lowest BCUT2D eigenvalue weighted by Crippen LogP contribution is -2.37. The molecule has 2 heterocycles. The van der Waals surface area contributed by atoms with Crippen LogP contribution in [0.25, 0.3) is 0 Å². The Labute approximate surface area is 265 Å². The summed E-state index contributed by atoms with van der Waals surface area (Å²) in [4.78, 5) is 37.2. The average Bonchev–Trinajstić information content (AvgIpc) is 3.42. The summed E-state index contributed by atoms with van der Waals surface area (Å²) < 4.78 is 67.5. The van der Waals surface area contributed by atoms with Crippen molar-refractivity contribution in [2.24, 2.45) is 5.73 Å². The van der Waals surface area contributed by atoms with E-state index >= 15 is 0 Å². The maximum atomic E-state index is 14.5. The summed E-state index contributed by atoms with van der Waals surface area (Å²) in [5.41, 5.74) is 4.93. The van der Waals surface area contributed by atoms with E-state index in [1.54, 1.807) is 13.0 Å². The lowest BCUT2D eigenvalue weighted by molar-refractivity contribution is -0.117. The van der Waals surface area contributed by atoms with Gasteiger partial charge in [-0.2, -0.15) is 8.78 Å². The lowest BCUT2D eigenvalue weighted by atomic mass is 9.97. The minimum atomic E-state index is -2.83. The number of aliphatic hydroxyl groups is 1. The van der Waals surface area contributed by atoms with Crippen molar-refractivity contribution in [1.82, 2.24) is 4.57 Å². The third-order valence-corrected chi connectivity index (χ3v) is 6.59. The fourth-order valence-corrected chi connectivity index (χ4v) is 4.57. The van der Waals surface area contributed by atoms with Crippen LogP contribution >= 0.6 is 0 Å². The molecule has 14 heteroatoms. The van der Waals surface area contributed by atoms with Crippen LogP contribution in [0.5, 0.6) is 11.5 Å². The topological polar surface area (TPSA) is 133 Å². The molecular weight excluding hydrogens is 614 g/mol. The zero-order chi connectivity index (χ0) is 35.0. The molecule has 0 radical (unpaired) electrons. The highest BCUT2D eigenvalue weighted by Crippen LogP contribution is 2.36. The van der Waals surface area contributed by atoms with Crippen LogP contribution in [0, 0.1) is 18.6 Å². The van der Waals surface area contributed by atoms with Crippen molar-refractivity contribution in [2.75, 3.05) is 45.9 Å². The van der Waals surface area contributed by atoms with Gasteiger partial charge in [-0.25, -0.2) is 8.78 Å². The molecule has 10 nitrogen and oxygen atoms in total. The van der Waals surface area contributed by atoms with Gasteiger partial charge in [-0.1, -0.05) is 13.8 Å². The minimum Gasteiger partial charge on any atom is -0.497 e. The second-order valence-corrected chi connectivity index (χ2v) is 9.33. The number of pyridine rings is 1. The van der Waals surface area contributed by atoms with E-state index in [-0.39, 0.29) is 48.9 Å². The SMILES string of the molecule is CC.CN.COCC(CO)n1ccc(C)c(N2CC(c3c(F)cc(OC)cc3F)CC2=O)c1=O.O=Cc1ccc(OC(F)F)cc1. The van der Waals surface area contributed by atoms with E-state index in [0.717, 1.165) is 12.1 Å². The Balaban J connectivity index is 0.000000552. The first-order chi connectivity index (χ1) is 22.0. The number of anilines is 1. The fraction of sp³-hybridized carbons (Fsp3) is 0.406. The van der Waals surface area contributed by atoms with E-state index in [1.165, 1.54) is 61.2 Å². The third-order valence-electron chi connectivity index (χ3n) is 6.59. The number of carbonyl (C=O) groups excluding carboxylic acids is 2. The van der Waals surface area contributed by atoms with Crippen LogP contribution in [0.4, 0.5) is 23.2 Å². The Kier molecular flexibility index (Phi) is 17.3. The Morgan fingerprint density at radius 3 is 2.09 bits per heavy atom. The molecular formula is C32H41F4N3O7. The molecule has 1 amide bonds. The summed E-state index contributed by atoms with van der Waals surface area (Å²) in [7, 11) is 4.26. The summed E-state index contributed by atoms with van der Waals surface area (Å²) in [6.07, 6.45) is 2.03. The second-order valence-electron chi connectivity index (χ2n) is 9.33. The van der Waals surface area contributed by atoms with E-state index in [2.05, 4.69) is 10.5 Å². The number of hydrogen-bond donors (Lipinski definition) is 2. The molecule has 2 atom stereocenters. The van der Waals surface area contributed by atoms with Gasteiger partial charge in [0.15, 0.2) is 0 Å². The Bertz CT molecular complexity index is 1430. The van der Waals surface area contributed by atoms with Crippen LogP contribution in [0.15, 0.2) is 53.5 Å². The van der Waals surface area contributed by atoms with Crippen LogP contribution in [0.2, 0.25) is 0 Å². The van der Waals surface area contributed by atoms with Crippen LogP contribution in [-0.4, -0.2) is 69.5 Å². The largest absolute Gasteiger partial charge is 0.497 e. The van der Waals surface area contributed by atoms with Gasteiger partial charge in [-0.05, 0) is 49.9 Å². The number of aromatic nitrogens is 1. The third kappa shape index (κ3) is 10.4. The average molecular weight is 656 g/mol. The highest BCUT2D eigenvalue weighted by molar-refractivity contribution is 5.97. The molecule has 46 heavy (non-hydrogen) atoms. The van der Waals surface area contributed by atoms with Crippen molar-refractivity contribution in [3.8, 4) is 11.5 Å². The lowest BCUT2D eigenvalue weighted by Gasteiger charge is -2.23. The van der Waals surface area contributed by atoms with Gasteiger partial charge in [0.05, 0.1) is 26.4 Å². The maximum absolute atomic E-state index is 14.5. The molecule has 3 aromatic rings. The van der Waals surface area contributed by atoms with Gasteiger partial charge in [-0.15, -0.1) is 0 Å². The number of halogens is 4. The first-order valence-corrected chi connectivity index (χ1v) is 14.3. The number of nitrogens with zero attached hydrogens (tertiary/aromatic N) is 2. The molecule has 0 bridgehead atoms. The number of nitrogens with two attached hydrogens (primary N) is 1. The van der Waals surface area contributed by atoms with Gasteiger partial charge < -0.3 is 34.5 Å². The molecule has 3 N–H and O–H groups in total. The molecule has 2 aromatic carbocycles. The van der Waals surface area contributed by atoms with Gasteiger partial charge in [0.2, 0.25) is 5.91 Å². The molecule has 1 saturated heterocycles. The standard InChI is InChI=1S/C21H24F2N2O5.C8H6F2O2.C2H6.CH5N/c1-12-4-5-24(14(10-26)11-29-2)21(28)20(12)25-9-13(6-18(25)27)19-16(22)7-15(30-3)8-17(19)23;9-8(10)12-7-3-1-6(5-11)2-4-7;2*1-2/h4-5,7-8,13-14,26H,6,9-11H2,1-3H3;1-5,8H;1-2H3;2H2,1H3. The van der Waals surface area contributed by atoms with Crippen LogP contribution in [0.3, 0.4) is 0 Å².